The molecule has 1 fully saturated rings. The number of benzene rings is 3. The molecule has 0 bridgehead atoms. The van der Waals surface area contributed by atoms with Crippen LogP contribution in [0.4, 0.5) is 0 Å². The number of ether oxygens (including phenoxy) is 2. The summed E-state index contributed by atoms with van der Waals surface area (Å²) in [5, 5.41) is 10.6. The Morgan fingerprint density at radius 2 is 1.77 bits per heavy atom. The summed E-state index contributed by atoms with van der Waals surface area (Å²) in [4.78, 5) is 11.3. The maximum Gasteiger partial charge on any atom is 0.303 e. The van der Waals surface area contributed by atoms with Gasteiger partial charge >= 0.3 is 5.97 Å². The lowest BCUT2D eigenvalue weighted by Gasteiger charge is -2.44. The predicted molar refractivity (Wildman–Crippen MR) is 158 cm³/mol. The van der Waals surface area contributed by atoms with Crippen molar-refractivity contribution in [3.05, 3.63) is 111 Å². The molecule has 6 heteroatoms. The highest BCUT2D eigenvalue weighted by Crippen LogP contribution is 2.50. The second-order valence-corrected chi connectivity index (χ2v) is 11.7. The number of hydrogen-bond donors (Lipinski definition) is 1. The van der Waals surface area contributed by atoms with Crippen molar-refractivity contribution >= 4 is 29.2 Å². The Balaban J connectivity index is 1.72. The fraction of sp³-hybridized carbons (Fsp3) is 0.364. The molecule has 1 heterocycles. The van der Waals surface area contributed by atoms with Crippen LogP contribution in [-0.2, 0) is 22.6 Å². The molecule has 206 valence electrons. The van der Waals surface area contributed by atoms with Gasteiger partial charge in [-0.15, -0.1) is 0 Å². The fourth-order valence-corrected chi connectivity index (χ4v) is 5.88. The summed E-state index contributed by atoms with van der Waals surface area (Å²) < 4.78 is 13.3. The Morgan fingerprint density at radius 3 is 2.41 bits per heavy atom. The average molecular weight is 568 g/mol. The molecule has 4 rings (SSSR count). The van der Waals surface area contributed by atoms with Gasteiger partial charge in [0.1, 0.15) is 12.4 Å². The summed E-state index contributed by atoms with van der Waals surface area (Å²) in [6.07, 6.45) is 1.01. The van der Waals surface area contributed by atoms with Gasteiger partial charge in [-0.2, -0.15) is 0 Å². The SMILES string of the molecule is C=C(C)[C@H]1C[C@H](c2cccc(Cl)c2)[C@H](C(C)C)O[C@@H]1c1cc(CCC(=O)O)ccc1OCc1cccc(Cl)c1. The maximum atomic E-state index is 11.3. The highest BCUT2D eigenvalue weighted by Gasteiger charge is 2.42. The fourth-order valence-electron chi connectivity index (χ4n) is 5.47. The largest absolute Gasteiger partial charge is 0.489 e. The number of hydrogen-bond acceptors (Lipinski definition) is 3. The van der Waals surface area contributed by atoms with Crippen LogP contribution in [0, 0.1) is 11.8 Å². The lowest BCUT2D eigenvalue weighted by atomic mass is 9.73. The van der Waals surface area contributed by atoms with Gasteiger partial charge in [-0.05, 0) is 78.8 Å². The van der Waals surface area contributed by atoms with Crippen LogP contribution in [0.3, 0.4) is 0 Å². The minimum atomic E-state index is -0.823. The van der Waals surface area contributed by atoms with Crippen LogP contribution in [0.2, 0.25) is 10.0 Å². The third-order valence-electron chi connectivity index (χ3n) is 7.43. The molecule has 1 saturated heterocycles. The van der Waals surface area contributed by atoms with E-state index in [9.17, 15) is 9.90 Å². The molecule has 3 aromatic rings. The summed E-state index contributed by atoms with van der Waals surface area (Å²) in [5.74, 6) is 0.346. The van der Waals surface area contributed by atoms with Gasteiger partial charge in [-0.25, -0.2) is 0 Å². The summed E-state index contributed by atoms with van der Waals surface area (Å²) in [6.45, 7) is 11.1. The number of aliphatic carboxylic acids is 1. The van der Waals surface area contributed by atoms with E-state index in [1.54, 1.807) is 0 Å². The zero-order valence-electron chi connectivity index (χ0n) is 22.7. The number of carbonyl (C=O) groups is 1. The third kappa shape index (κ3) is 7.45. The second kappa shape index (κ2) is 13.0. The molecule has 1 N–H and O–H groups in total. The number of halogens is 2. The van der Waals surface area contributed by atoms with Crippen molar-refractivity contribution in [2.45, 2.75) is 64.8 Å². The van der Waals surface area contributed by atoms with Gasteiger partial charge in [-0.1, -0.05) is 79.5 Å². The highest BCUT2D eigenvalue weighted by molar-refractivity contribution is 6.30. The first-order chi connectivity index (χ1) is 18.6. The van der Waals surface area contributed by atoms with Crippen molar-refractivity contribution in [2.24, 2.45) is 11.8 Å². The van der Waals surface area contributed by atoms with Crippen LogP contribution in [-0.4, -0.2) is 17.2 Å². The van der Waals surface area contributed by atoms with Gasteiger partial charge in [0.2, 0.25) is 0 Å². The highest BCUT2D eigenvalue weighted by atomic mass is 35.5. The number of carboxylic acid groups (broad SMARTS) is 1. The van der Waals surface area contributed by atoms with Crippen molar-refractivity contribution in [1.29, 1.82) is 0 Å². The van der Waals surface area contributed by atoms with Crippen molar-refractivity contribution in [3.8, 4) is 5.75 Å². The molecule has 4 nitrogen and oxygen atoms in total. The van der Waals surface area contributed by atoms with E-state index in [4.69, 9.17) is 32.7 Å². The van der Waals surface area contributed by atoms with Crippen molar-refractivity contribution < 1.29 is 19.4 Å². The first-order valence-electron chi connectivity index (χ1n) is 13.4. The van der Waals surface area contributed by atoms with Gasteiger partial charge < -0.3 is 14.6 Å². The van der Waals surface area contributed by atoms with E-state index < -0.39 is 5.97 Å². The molecule has 39 heavy (non-hydrogen) atoms. The minimum absolute atomic E-state index is 0.0345. The average Bonchev–Trinajstić information content (AvgIpc) is 2.90. The summed E-state index contributed by atoms with van der Waals surface area (Å²) in [7, 11) is 0. The van der Waals surface area contributed by atoms with Crippen LogP contribution >= 0.6 is 23.2 Å². The molecule has 3 aromatic carbocycles. The lowest BCUT2D eigenvalue weighted by molar-refractivity contribution is -0.136. The molecule has 1 aliphatic rings. The number of aryl methyl sites for hydroxylation is 1. The van der Waals surface area contributed by atoms with Crippen molar-refractivity contribution in [2.75, 3.05) is 0 Å². The van der Waals surface area contributed by atoms with Gasteiger partial charge in [0.25, 0.3) is 0 Å². The Kier molecular flexibility index (Phi) is 9.76. The molecule has 0 amide bonds. The maximum absolute atomic E-state index is 11.3. The Morgan fingerprint density at radius 1 is 1.05 bits per heavy atom. The molecular weight excluding hydrogens is 531 g/mol. The van der Waals surface area contributed by atoms with Gasteiger partial charge in [0.15, 0.2) is 0 Å². The van der Waals surface area contributed by atoms with Gasteiger partial charge in [-0.3, -0.25) is 4.79 Å². The zero-order chi connectivity index (χ0) is 28.1. The predicted octanol–water partition coefficient (Wildman–Crippen LogP) is 9.05. The topological polar surface area (TPSA) is 55.8 Å². The van der Waals surface area contributed by atoms with E-state index in [1.165, 1.54) is 5.56 Å². The van der Waals surface area contributed by atoms with Crippen molar-refractivity contribution in [1.82, 2.24) is 0 Å². The number of rotatable bonds is 10. The molecular formula is C33H36Cl2O4. The second-order valence-electron chi connectivity index (χ2n) is 10.8. The smallest absolute Gasteiger partial charge is 0.303 e. The molecule has 0 unspecified atom stereocenters. The van der Waals surface area contributed by atoms with E-state index in [1.807, 2.05) is 67.6 Å². The first-order valence-corrected chi connectivity index (χ1v) is 14.2. The van der Waals surface area contributed by atoms with E-state index in [-0.39, 0.29) is 36.4 Å². The first kappa shape index (κ1) is 29.2. The molecule has 0 saturated carbocycles. The molecule has 0 spiro atoms. The monoisotopic (exact) mass is 566 g/mol. The zero-order valence-corrected chi connectivity index (χ0v) is 24.2. The Hall–Kier alpha value is -2.79. The molecule has 0 aliphatic carbocycles. The lowest BCUT2D eigenvalue weighted by Crippen LogP contribution is -2.39. The third-order valence-corrected chi connectivity index (χ3v) is 7.90. The van der Waals surface area contributed by atoms with Crippen molar-refractivity contribution in [3.63, 3.8) is 0 Å². The number of carboxylic acids is 1. The van der Waals surface area contributed by atoms with Gasteiger partial charge in [0, 0.05) is 33.9 Å². The van der Waals surface area contributed by atoms with Crippen LogP contribution in [0.5, 0.6) is 5.75 Å². The molecule has 4 atom stereocenters. The van der Waals surface area contributed by atoms with Crippen LogP contribution in [0.15, 0.2) is 78.9 Å². The summed E-state index contributed by atoms with van der Waals surface area (Å²) in [5.41, 5.74) is 5.02. The molecule has 0 radical (unpaired) electrons. The molecule has 1 aliphatic heterocycles. The van der Waals surface area contributed by atoms with Gasteiger partial charge in [0.05, 0.1) is 12.2 Å². The normalized spacial score (nSPS) is 21.1. The Bertz CT molecular complexity index is 1320. The minimum Gasteiger partial charge on any atom is -0.489 e. The van der Waals surface area contributed by atoms with Crippen LogP contribution in [0.1, 0.15) is 67.9 Å². The Labute approximate surface area is 241 Å². The van der Waals surface area contributed by atoms with E-state index in [0.29, 0.717) is 28.8 Å². The van der Waals surface area contributed by atoms with Crippen LogP contribution in [0.25, 0.3) is 0 Å². The molecule has 0 aromatic heterocycles. The standard InChI is InChI=1S/C33H36Cl2O4/c1-20(2)27-18-28(24-8-6-10-26(35)17-24)32(21(3)4)39-33(27)29-16-22(12-14-31(36)37)11-13-30(29)38-19-23-7-5-9-25(34)15-23/h5-11,13,15-17,21,27-28,32-33H,1,12,14,18-19H2,2-4H3,(H,36,37)/t27-,28-,32+,33+/m1/s1. The van der Waals surface area contributed by atoms with Crippen LogP contribution < -0.4 is 4.74 Å². The summed E-state index contributed by atoms with van der Waals surface area (Å²) in [6, 6.07) is 21.6. The quantitative estimate of drug-likeness (QED) is 0.248. The van der Waals surface area contributed by atoms with E-state index >= 15 is 0 Å². The van der Waals surface area contributed by atoms with E-state index in [2.05, 4.69) is 26.5 Å². The van der Waals surface area contributed by atoms with E-state index in [0.717, 1.165) is 28.7 Å². The summed E-state index contributed by atoms with van der Waals surface area (Å²) >= 11 is 12.6.